The van der Waals surface area contributed by atoms with Crippen molar-refractivity contribution in [1.82, 2.24) is 0 Å². The van der Waals surface area contributed by atoms with Crippen LogP contribution in [0.25, 0.3) is 0 Å². The van der Waals surface area contributed by atoms with E-state index in [2.05, 4.69) is 50.3 Å². The lowest BCUT2D eigenvalue weighted by molar-refractivity contribution is -0.889. The number of carbonyl (C=O) groups excluding carboxylic acids is 3. The predicted octanol–water partition coefficient (Wildman–Crippen LogP) is 8.96. The molecule has 0 aromatic rings. The van der Waals surface area contributed by atoms with Crippen molar-refractivity contribution in [3.63, 3.8) is 0 Å². The molecule has 0 aliphatic rings. The zero-order chi connectivity index (χ0) is 37.1. The van der Waals surface area contributed by atoms with Crippen molar-refractivity contribution in [3.8, 4) is 0 Å². The summed E-state index contributed by atoms with van der Waals surface area (Å²) in [5.74, 6) is -1.77. The average Bonchev–Trinajstić information content (AvgIpc) is 3.06. The fourth-order valence-electron chi connectivity index (χ4n) is 5.66. The van der Waals surface area contributed by atoms with Crippen LogP contribution in [0.15, 0.2) is 36.5 Å². The smallest absolute Gasteiger partial charge is 0.306 e. The van der Waals surface area contributed by atoms with Gasteiger partial charge >= 0.3 is 11.9 Å². The third-order valence-electron chi connectivity index (χ3n) is 8.84. The van der Waals surface area contributed by atoms with E-state index in [1.807, 2.05) is 0 Å². The second-order valence-corrected chi connectivity index (χ2v) is 14.6. The lowest BCUT2D eigenvalue weighted by Crippen LogP contribution is -2.55. The number of unbranched alkanes of at least 4 members (excludes halogenated alkanes) is 17. The van der Waals surface area contributed by atoms with E-state index in [-0.39, 0.29) is 42.7 Å². The van der Waals surface area contributed by atoms with E-state index in [9.17, 15) is 19.5 Å². The van der Waals surface area contributed by atoms with E-state index in [1.165, 1.54) is 64.2 Å². The molecule has 0 saturated heterocycles. The first-order chi connectivity index (χ1) is 24.1. The number of carboxylic acid groups (broad SMARTS) is 1. The molecular weight excluding hydrogens is 630 g/mol. The van der Waals surface area contributed by atoms with E-state index >= 15 is 0 Å². The highest BCUT2D eigenvalue weighted by atomic mass is 16.6. The molecule has 0 saturated carbocycles. The second-order valence-electron chi connectivity index (χ2n) is 14.6. The van der Waals surface area contributed by atoms with Gasteiger partial charge in [-0.15, -0.1) is 0 Å². The van der Waals surface area contributed by atoms with Gasteiger partial charge in [-0.1, -0.05) is 140 Å². The van der Waals surface area contributed by atoms with Gasteiger partial charge in [-0.05, 0) is 38.5 Å². The summed E-state index contributed by atoms with van der Waals surface area (Å²) in [4.78, 5) is 36.6. The molecule has 8 heteroatoms. The fourth-order valence-corrected chi connectivity index (χ4v) is 5.66. The number of likely N-dealkylation sites (N-methyl/N-ethyl adjacent to an activating group) is 1. The lowest BCUT2D eigenvalue weighted by atomic mass is 10.1. The third kappa shape index (κ3) is 31.5. The molecule has 0 N–H and O–H groups in total. The van der Waals surface area contributed by atoms with Crippen molar-refractivity contribution >= 4 is 17.9 Å². The van der Waals surface area contributed by atoms with Crippen LogP contribution in [0, 0.1) is 0 Å². The van der Waals surface area contributed by atoms with E-state index in [0.29, 0.717) is 12.8 Å². The standard InChI is InChI=1S/C42H75NO7/c1-6-8-10-12-14-16-17-18-19-20-21-22-23-24-25-27-28-30-32-40(44)49-37-38(36-48-35-34-39(42(46)47)43(3,4)5)50-41(45)33-31-29-26-15-13-11-9-7-2/h17-22,38-39H,6-16,23-37H2,1-5H3/b18-17+,20-19+,22-21+. The maximum absolute atomic E-state index is 12.6. The molecule has 0 heterocycles. The van der Waals surface area contributed by atoms with E-state index in [0.717, 1.165) is 64.2 Å². The largest absolute Gasteiger partial charge is 0.544 e. The number of aliphatic carboxylic acids is 1. The zero-order valence-electron chi connectivity index (χ0n) is 32.8. The Labute approximate surface area is 306 Å². The molecular formula is C42H75NO7. The molecule has 0 rings (SSSR count). The summed E-state index contributed by atoms with van der Waals surface area (Å²) in [5, 5.41) is 11.6. The molecule has 0 aromatic heterocycles. The van der Waals surface area contributed by atoms with Crippen molar-refractivity contribution in [3.05, 3.63) is 36.5 Å². The molecule has 290 valence electrons. The number of hydrogen-bond acceptors (Lipinski definition) is 7. The number of ether oxygens (including phenoxy) is 3. The summed E-state index contributed by atoms with van der Waals surface area (Å²) < 4.78 is 17.0. The highest BCUT2D eigenvalue weighted by Crippen LogP contribution is 2.13. The minimum atomic E-state index is -1.13. The molecule has 0 bridgehead atoms. The van der Waals surface area contributed by atoms with Crippen molar-refractivity contribution in [2.24, 2.45) is 0 Å². The highest BCUT2D eigenvalue weighted by Gasteiger charge is 2.25. The van der Waals surface area contributed by atoms with Crippen molar-refractivity contribution < 1.29 is 38.2 Å². The second kappa shape index (κ2) is 33.7. The van der Waals surface area contributed by atoms with Crippen LogP contribution in [0.5, 0.6) is 0 Å². The number of quaternary nitrogens is 1. The first-order valence-electron chi connectivity index (χ1n) is 20.0. The van der Waals surface area contributed by atoms with Crippen LogP contribution in [0.2, 0.25) is 0 Å². The Morgan fingerprint density at radius 2 is 1.06 bits per heavy atom. The molecule has 0 radical (unpaired) electrons. The molecule has 0 aliphatic heterocycles. The van der Waals surface area contributed by atoms with Crippen molar-refractivity contribution in [2.75, 3.05) is 41.0 Å². The number of nitrogens with zero attached hydrogens (tertiary/aromatic N) is 1. The van der Waals surface area contributed by atoms with Crippen LogP contribution < -0.4 is 5.11 Å². The Morgan fingerprint density at radius 3 is 1.54 bits per heavy atom. The third-order valence-corrected chi connectivity index (χ3v) is 8.84. The Balaban J connectivity index is 4.35. The predicted molar refractivity (Wildman–Crippen MR) is 203 cm³/mol. The van der Waals surface area contributed by atoms with Crippen molar-refractivity contribution in [1.29, 1.82) is 0 Å². The summed E-state index contributed by atoms with van der Waals surface area (Å²) in [7, 11) is 5.39. The molecule has 50 heavy (non-hydrogen) atoms. The molecule has 8 nitrogen and oxygen atoms in total. The van der Waals surface area contributed by atoms with Gasteiger partial charge in [0.1, 0.15) is 12.6 Å². The molecule has 2 unspecified atom stereocenters. The summed E-state index contributed by atoms with van der Waals surface area (Å²) in [6.45, 7) is 4.58. The minimum Gasteiger partial charge on any atom is -0.544 e. The van der Waals surface area contributed by atoms with Crippen LogP contribution in [-0.4, -0.2) is 75.5 Å². The Hall–Kier alpha value is -2.45. The summed E-state index contributed by atoms with van der Waals surface area (Å²) in [5.41, 5.74) is 0. The maximum atomic E-state index is 12.6. The van der Waals surface area contributed by atoms with E-state index in [4.69, 9.17) is 14.2 Å². The molecule has 0 aliphatic carbocycles. The fraction of sp³-hybridized carbons (Fsp3) is 0.786. The first kappa shape index (κ1) is 47.5. The minimum absolute atomic E-state index is 0.0352. The van der Waals surface area contributed by atoms with E-state index in [1.54, 1.807) is 21.1 Å². The van der Waals surface area contributed by atoms with Crippen LogP contribution in [0.1, 0.15) is 162 Å². The van der Waals surface area contributed by atoms with Gasteiger partial charge in [0.05, 0.1) is 40.3 Å². The van der Waals surface area contributed by atoms with Crippen LogP contribution in [0.3, 0.4) is 0 Å². The van der Waals surface area contributed by atoms with Gasteiger partial charge in [0, 0.05) is 19.3 Å². The maximum Gasteiger partial charge on any atom is 0.306 e. The Morgan fingerprint density at radius 1 is 0.600 bits per heavy atom. The first-order valence-corrected chi connectivity index (χ1v) is 20.0. The van der Waals surface area contributed by atoms with Gasteiger partial charge in [-0.25, -0.2) is 0 Å². The number of allylic oxidation sites excluding steroid dienone is 6. The van der Waals surface area contributed by atoms with Gasteiger partial charge in [-0.3, -0.25) is 9.59 Å². The quantitative estimate of drug-likeness (QED) is 0.0281. The van der Waals surface area contributed by atoms with Gasteiger partial charge in [0.25, 0.3) is 0 Å². The van der Waals surface area contributed by atoms with Crippen LogP contribution in [0.4, 0.5) is 0 Å². The SMILES string of the molecule is CCCCCCC/C=C/C=C/C=C/CCCCCCCC(=O)OCC(COCCC(C(=O)[O-])[N+](C)(C)C)OC(=O)CCCCCCCCCC. The number of carbonyl (C=O) groups is 3. The number of carboxylic acids is 1. The van der Waals surface area contributed by atoms with Gasteiger partial charge in [-0.2, -0.15) is 0 Å². The molecule has 0 aromatic carbocycles. The van der Waals surface area contributed by atoms with Gasteiger partial charge in [0.15, 0.2) is 6.10 Å². The molecule has 2 atom stereocenters. The summed E-state index contributed by atoms with van der Waals surface area (Å²) in [6.07, 6.45) is 36.0. The van der Waals surface area contributed by atoms with Crippen LogP contribution in [-0.2, 0) is 28.6 Å². The lowest BCUT2D eigenvalue weighted by Gasteiger charge is -2.34. The number of hydrogen-bond donors (Lipinski definition) is 0. The van der Waals surface area contributed by atoms with E-state index < -0.39 is 18.1 Å². The monoisotopic (exact) mass is 706 g/mol. The van der Waals surface area contributed by atoms with Crippen molar-refractivity contribution in [2.45, 2.75) is 174 Å². The molecule has 0 amide bonds. The molecule has 0 fully saturated rings. The average molecular weight is 706 g/mol. The normalized spacial score (nSPS) is 13.4. The van der Waals surface area contributed by atoms with Crippen LogP contribution >= 0.6 is 0 Å². The summed E-state index contributed by atoms with van der Waals surface area (Å²) in [6, 6.07) is -0.726. The molecule has 0 spiro atoms. The van der Waals surface area contributed by atoms with Gasteiger partial charge in [0.2, 0.25) is 0 Å². The number of rotatable bonds is 35. The zero-order valence-corrected chi connectivity index (χ0v) is 32.8. The Bertz CT molecular complexity index is 922. The Kier molecular flexibility index (Phi) is 32.0. The highest BCUT2D eigenvalue weighted by molar-refractivity contribution is 5.70. The summed E-state index contributed by atoms with van der Waals surface area (Å²) >= 11 is 0. The number of esters is 2. The topological polar surface area (TPSA) is 102 Å². The van der Waals surface area contributed by atoms with Gasteiger partial charge < -0.3 is 28.6 Å².